The van der Waals surface area contributed by atoms with Gasteiger partial charge in [0.2, 0.25) is 0 Å². The molecule has 0 aliphatic heterocycles. The van der Waals surface area contributed by atoms with Crippen LogP contribution in [-0.4, -0.2) is 14.5 Å². The summed E-state index contributed by atoms with van der Waals surface area (Å²) in [6.45, 7) is 4.20. The quantitative estimate of drug-likeness (QED) is 0.613. The molecule has 0 amide bonds. The predicted molar refractivity (Wildman–Crippen MR) is 87.7 cm³/mol. The number of benzene rings is 1. The predicted octanol–water partition coefficient (Wildman–Crippen LogP) is 4.91. The summed E-state index contributed by atoms with van der Waals surface area (Å²) in [5.41, 5.74) is 2.04. The first-order valence-electron chi connectivity index (χ1n) is 6.25. The second-order valence-electron chi connectivity index (χ2n) is 4.65. The highest BCUT2D eigenvalue weighted by Crippen LogP contribution is 2.30. The van der Waals surface area contributed by atoms with Crippen molar-refractivity contribution < 1.29 is 0 Å². The van der Waals surface area contributed by atoms with Crippen molar-refractivity contribution in [3.05, 3.63) is 44.6 Å². The number of imidazole rings is 1. The summed E-state index contributed by atoms with van der Waals surface area (Å²) in [4.78, 5) is 10.3. The van der Waals surface area contributed by atoms with Gasteiger partial charge < -0.3 is 4.57 Å². The third-order valence-corrected chi connectivity index (χ3v) is 5.04. The maximum absolute atomic E-state index is 6.07. The number of hydrogen-bond donors (Lipinski definition) is 0. The maximum atomic E-state index is 6.07. The summed E-state index contributed by atoms with van der Waals surface area (Å²) >= 11 is 11.3. The molecule has 3 aromatic rings. The van der Waals surface area contributed by atoms with Crippen molar-refractivity contribution in [3.63, 3.8) is 0 Å². The first kappa shape index (κ1) is 14.0. The lowest BCUT2D eigenvalue weighted by molar-refractivity contribution is 0.629. The van der Waals surface area contributed by atoms with Gasteiger partial charge in [-0.3, -0.25) is 0 Å². The van der Waals surface area contributed by atoms with Crippen LogP contribution < -0.4 is 0 Å². The average molecular weight is 371 g/mol. The Bertz CT molecular complexity index is 765. The first-order chi connectivity index (χ1) is 9.60. The molecule has 20 heavy (non-hydrogen) atoms. The van der Waals surface area contributed by atoms with Gasteiger partial charge in [0.25, 0.3) is 0 Å². The van der Waals surface area contributed by atoms with E-state index in [1.165, 1.54) is 4.88 Å². The van der Waals surface area contributed by atoms with Gasteiger partial charge >= 0.3 is 0 Å². The van der Waals surface area contributed by atoms with Crippen LogP contribution in [0.15, 0.2) is 28.9 Å². The molecule has 1 atom stereocenters. The smallest absolute Gasteiger partial charge is 0.125 e. The Labute approximate surface area is 134 Å². The Balaban J connectivity index is 2.20. The molecule has 0 radical (unpaired) electrons. The molecule has 0 aliphatic carbocycles. The molecule has 0 spiro atoms. The Kier molecular flexibility index (Phi) is 3.84. The minimum atomic E-state index is 0.127. The third-order valence-electron chi connectivity index (χ3n) is 3.23. The molecule has 1 unspecified atom stereocenters. The molecular weight excluding hydrogens is 358 g/mol. The number of hydrogen-bond acceptors (Lipinski definition) is 3. The minimum absolute atomic E-state index is 0.127. The largest absolute Gasteiger partial charge is 0.317 e. The molecule has 104 valence electrons. The lowest BCUT2D eigenvalue weighted by Gasteiger charge is -2.14. The van der Waals surface area contributed by atoms with Crippen LogP contribution in [0.2, 0.25) is 0 Å². The fourth-order valence-electron chi connectivity index (χ4n) is 2.32. The standard InChI is InChI=1S/C14H13BrClN3S/c1-8-7-17-14(20-8)9(2)19-12-5-10(15)3-4-11(12)18-13(19)6-16/h3-5,7,9H,6H2,1-2H3. The molecular formula is C14H13BrClN3S. The number of halogens is 2. The number of aryl methyl sites for hydroxylation is 1. The summed E-state index contributed by atoms with van der Waals surface area (Å²) in [6.07, 6.45) is 1.91. The van der Waals surface area contributed by atoms with E-state index in [2.05, 4.69) is 50.4 Å². The molecule has 3 rings (SSSR count). The molecule has 0 aliphatic rings. The topological polar surface area (TPSA) is 30.7 Å². The Morgan fingerprint density at radius 3 is 2.90 bits per heavy atom. The van der Waals surface area contributed by atoms with Crippen molar-refractivity contribution in [2.45, 2.75) is 25.8 Å². The van der Waals surface area contributed by atoms with Gasteiger partial charge in [-0.15, -0.1) is 22.9 Å². The highest BCUT2D eigenvalue weighted by molar-refractivity contribution is 9.10. The zero-order chi connectivity index (χ0) is 14.3. The van der Waals surface area contributed by atoms with E-state index in [1.807, 2.05) is 18.3 Å². The second kappa shape index (κ2) is 5.47. The van der Waals surface area contributed by atoms with Crippen molar-refractivity contribution in [2.24, 2.45) is 0 Å². The Morgan fingerprint density at radius 1 is 1.45 bits per heavy atom. The highest BCUT2D eigenvalue weighted by Gasteiger charge is 2.19. The van der Waals surface area contributed by atoms with Gasteiger partial charge in [0, 0.05) is 15.5 Å². The van der Waals surface area contributed by atoms with Gasteiger partial charge in [-0.25, -0.2) is 9.97 Å². The number of rotatable bonds is 3. The molecule has 2 heterocycles. The zero-order valence-electron chi connectivity index (χ0n) is 11.1. The van der Waals surface area contributed by atoms with Crippen LogP contribution in [0, 0.1) is 6.92 Å². The van der Waals surface area contributed by atoms with E-state index in [0.717, 1.165) is 26.3 Å². The van der Waals surface area contributed by atoms with Crippen molar-refractivity contribution in [3.8, 4) is 0 Å². The van der Waals surface area contributed by atoms with Gasteiger partial charge in [0.05, 0.1) is 23.0 Å². The minimum Gasteiger partial charge on any atom is -0.317 e. The fourth-order valence-corrected chi connectivity index (χ4v) is 3.67. The number of aromatic nitrogens is 3. The average Bonchev–Trinajstić information content (AvgIpc) is 3.01. The van der Waals surface area contributed by atoms with E-state index >= 15 is 0 Å². The van der Waals surface area contributed by atoms with Crippen LogP contribution in [0.5, 0.6) is 0 Å². The monoisotopic (exact) mass is 369 g/mol. The number of thiazole rings is 1. The maximum Gasteiger partial charge on any atom is 0.125 e. The Hall–Kier alpha value is -0.910. The van der Waals surface area contributed by atoms with Crippen molar-refractivity contribution in [2.75, 3.05) is 0 Å². The number of fused-ring (bicyclic) bond motifs is 1. The summed E-state index contributed by atoms with van der Waals surface area (Å²) < 4.78 is 3.21. The highest BCUT2D eigenvalue weighted by atomic mass is 79.9. The zero-order valence-corrected chi connectivity index (χ0v) is 14.3. The lowest BCUT2D eigenvalue weighted by Crippen LogP contribution is -2.09. The molecule has 0 saturated heterocycles. The van der Waals surface area contributed by atoms with E-state index in [4.69, 9.17) is 11.6 Å². The lowest BCUT2D eigenvalue weighted by atomic mass is 10.3. The molecule has 0 saturated carbocycles. The molecule has 1 aromatic carbocycles. The van der Waals surface area contributed by atoms with Gasteiger partial charge in [-0.05, 0) is 32.0 Å². The van der Waals surface area contributed by atoms with E-state index < -0.39 is 0 Å². The summed E-state index contributed by atoms with van der Waals surface area (Å²) in [5, 5.41) is 1.08. The van der Waals surface area contributed by atoms with Gasteiger partial charge in [0.15, 0.2) is 0 Å². The van der Waals surface area contributed by atoms with E-state index in [9.17, 15) is 0 Å². The molecule has 0 N–H and O–H groups in total. The molecule has 0 bridgehead atoms. The van der Waals surface area contributed by atoms with Gasteiger partial charge in [-0.2, -0.15) is 0 Å². The second-order valence-corrected chi connectivity index (χ2v) is 7.10. The SMILES string of the molecule is Cc1cnc(C(C)n2c(CCl)nc3ccc(Br)cc32)s1. The number of alkyl halides is 1. The van der Waals surface area contributed by atoms with Crippen molar-refractivity contribution >= 4 is 49.9 Å². The van der Waals surface area contributed by atoms with Crippen LogP contribution in [0.25, 0.3) is 11.0 Å². The first-order valence-corrected chi connectivity index (χ1v) is 8.39. The molecule has 0 fully saturated rings. The number of nitrogens with zero attached hydrogens (tertiary/aromatic N) is 3. The normalized spacial score (nSPS) is 13.0. The van der Waals surface area contributed by atoms with E-state index in [0.29, 0.717) is 5.88 Å². The fraction of sp³-hybridized carbons (Fsp3) is 0.286. The third kappa shape index (κ3) is 2.38. The molecule has 6 heteroatoms. The van der Waals surface area contributed by atoms with Crippen LogP contribution in [-0.2, 0) is 5.88 Å². The van der Waals surface area contributed by atoms with Gasteiger partial charge in [0.1, 0.15) is 10.8 Å². The van der Waals surface area contributed by atoms with Crippen LogP contribution in [0.4, 0.5) is 0 Å². The molecule has 3 nitrogen and oxygen atoms in total. The Morgan fingerprint density at radius 2 is 2.25 bits per heavy atom. The van der Waals surface area contributed by atoms with Gasteiger partial charge in [-0.1, -0.05) is 15.9 Å². The van der Waals surface area contributed by atoms with E-state index in [-0.39, 0.29) is 6.04 Å². The van der Waals surface area contributed by atoms with E-state index in [1.54, 1.807) is 11.3 Å². The van der Waals surface area contributed by atoms with Crippen LogP contribution >= 0.6 is 38.9 Å². The summed E-state index contributed by atoms with van der Waals surface area (Å²) in [7, 11) is 0. The summed E-state index contributed by atoms with van der Waals surface area (Å²) in [5.74, 6) is 1.26. The van der Waals surface area contributed by atoms with Crippen molar-refractivity contribution in [1.82, 2.24) is 14.5 Å². The van der Waals surface area contributed by atoms with Crippen molar-refractivity contribution in [1.29, 1.82) is 0 Å². The molecule has 2 aromatic heterocycles. The van der Waals surface area contributed by atoms with Crippen LogP contribution in [0.3, 0.4) is 0 Å². The summed E-state index contributed by atoms with van der Waals surface area (Å²) in [6, 6.07) is 6.21. The van der Waals surface area contributed by atoms with Crippen LogP contribution in [0.1, 0.15) is 28.7 Å².